The highest BCUT2D eigenvalue weighted by atomic mass is 35.5. The van der Waals surface area contributed by atoms with Crippen LogP contribution in [0.2, 0.25) is 10.0 Å². The lowest BCUT2D eigenvalue weighted by molar-refractivity contribution is -0.169. The van der Waals surface area contributed by atoms with Crippen molar-refractivity contribution in [1.82, 2.24) is 0 Å². The minimum Gasteiger partial charge on any atom is -0.370 e. The molecule has 3 nitrogen and oxygen atoms in total. The third-order valence-corrected chi connectivity index (χ3v) is 4.26. The molecular weight excluding hydrogens is 292 g/mol. The largest absolute Gasteiger partial charge is 0.370 e. The monoisotopic (exact) mass is 305 g/mol. The topological polar surface area (TPSA) is 21.7 Å². The first-order chi connectivity index (χ1) is 9.10. The maximum absolute atomic E-state index is 13.5. The van der Waals surface area contributed by atoms with Crippen LogP contribution in [0.4, 0.5) is 10.1 Å². The first kappa shape index (κ1) is 13.4. The van der Waals surface area contributed by atoms with E-state index >= 15 is 0 Å². The zero-order valence-corrected chi connectivity index (χ0v) is 11.8. The van der Waals surface area contributed by atoms with Gasteiger partial charge in [-0.3, -0.25) is 0 Å². The summed E-state index contributed by atoms with van der Waals surface area (Å²) in [6.07, 6.45) is 1.52. The van der Waals surface area contributed by atoms with Crippen LogP contribution in [-0.2, 0) is 9.47 Å². The molecule has 0 bridgehead atoms. The molecule has 2 fully saturated rings. The third kappa shape index (κ3) is 2.55. The first-order valence-corrected chi connectivity index (χ1v) is 7.03. The fraction of sp³-hybridized carbons (Fsp3) is 0.538. The van der Waals surface area contributed by atoms with Gasteiger partial charge in [0.15, 0.2) is 5.79 Å². The second-order valence-corrected chi connectivity index (χ2v) is 5.63. The van der Waals surface area contributed by atoms with Gasteiger partial charge in [0.25, 0.3) is 0 Å². The number of halogens is 3. The van der Waals surface area contributed by atoms with E-state index in [-0.39, 0.29) is 5.02 Å². The lowest BCUT2D eigenvalue weighted by Gasteiger charge is -2.39. The fourth-order valence-electron chi connectivity index (χ4n) is 2.63. The van der Waals surface area contributed by atoms with Gasteiger partial charge in [0, 0.05) is 32.0 Å². The number of benzene rings is 1. The van der Waals surface area contributed by atoms with Crippen molar-refractivity contribution in [3.63, 3.8) is 0 Å². The van der Waals surface area contributed by atoms with Gasteiger partial charge < -0.3 is 14.4 Å². The van der Waals surface area contributed by atoms with Gasteiger partial charge in [-0.2, -0.15) is 0 Å². The highest BCUT2D eigenvalue weighted by Crippen LogP contribution is 2.37. The summed E-state index contributed by atoms with van der Waals surface area (Å²) in [5, 5.41) is 0.514. The quantitative estimate of drug-likeness (QED) is 0.742. The number of piperidine rings is 1. The van der Waals surface area contributed by atoms with Crippen molar-refractivity contribution in [3.8, 4) is 0 Å². The summed E-state index contributed by atoms with van der Waals surface area (Å²) in [6, 6.07) is 2.83. The molecule has 1 spiro atoms. The van der Waals surface area contributed by atoms with Crippen molar-refractivity contribution in [2.75, 3.05) is 31.2 Å². The summed E-state index contributed by atoms with van der Waals surface area (Å²) in [6.45, 7) is 2.74. The van der Waals surface area contributed by atoms with Gasteiger partial charge in [-0.25, -0.2) is 4.39 Å². The average Bonchev–Trinajstić information content (AvgIpc) is 2.84. The Morgan fingerprint density at radius 3 is 2.32 bits per heavy atom. The molecule has 2 aliphatic heterocycles. The number of hydrogen-bond acceptors (Lipinski definition) is 3. The van der Waals surface area contributed by atoms with Crippen molar-refractivity contribution < 1.29 is 13.9 Å². The Kier molecular flexibility index (Phi) is 3.60. The molecule has 6 heteroatoms. The summed E-state index contributed by atoms with van der Waals surface area (Å²) in [7, 11) is 0. The molecular formula is C13H14Cl2FNO2. The zero-order valence-electron chi connectivity index (χ0n) is 10.3. The van der Waals surface area contributed by atoms with Crippen LogP contribution in [0.1, 0.15) is 12.8 Å². The third-order valence-electron chi connectivity index (χ3n) is 3.67. The Morgan fingerprint density at radius 2 is 1.68 bits per heavy atom. The number of hydrogen-bond donors (Lipinski definition) is 0. The molecule has 1 aromatic carbocycles. The molecule has 0 aromatic heterocycles. The molecule has 2 heterocycles. The van der Waals surface area contributed by atoms with Crippen LogP contribution in [-0.4, -0.2) is 32.1 Å². The van der Waals surface area contributed by atoms with Gasteiger partial charge >= 0.3 is 0 Å². The minimum atomic E-state index is -0.449. The first-order valence-electron chi connectivity index (χ1n) is 6.27. The van der Waals surface area contributed by atoms with Crippen molar-refractivity contribution in [2.24, 2.45) is 0 Å². The van der Waals surface area contributed by atoms with Crippen LogP contribution < -0.4 is 4.90 Å². The van der Waals surface area contributed by atoms with E-state index in [1.165, 1.54) is 12.1 Å². The van der Waals surface area contributed by atoms with E-state index in [2.05, 4.69) is 0 Å². The molecule has 2 aliphatic rings. The molecule has 3 rings (SSSR count). The molecule has 0 atom stereocenters. The lowest BCUT2D eigenvalue weighted by Crippen LogP contribution is -2.45. The smallest absolute Gasteiger partial charge is 0.171 e. The number of rotatable bonds is 1. The van der Waals surface area contributed by atoms with Crippen LogP contribution in [0.3, 0.4) is 0 Å². The number of ether oxygens (including phenoxy) is 2. The Balaban J connectivity index is 1.76. The second kappa shape index (κ2) is 5.09. The van der Waals surface area contributed by atoms with Gasteiger partial charge in [-0.1, -0.05) is 23.2 Å². The molecule has 0 aliphatic carbocycles. The molecule has 0 saturated carbocycles. The van der Waals surface area contributed by atoms with E-state index in [9.17, 15) is 4.39 Å². The fourth-order valence-corrected chi connectivity index (χ4v) is 3.13. The Hall–Kier alpha value is -0.550. The van der Waals surface area contributed by atoms with Crippen molar-refractivity contribution in [3.05, 3.63) is 28.0 Å². The predicted octanol–water partition coefficient (Wildman–Crippen LogP) is 3.48. The summed E-state index contributed by atoms with van der Waals surface area (Å²) in [5.41, 5.74) is 0.677. The average molecular weight is 306 g/mol. The van der Waals surface area contributed by atoms with Gasteiger partial charge in [0.1, 0.15) is 5.82 Å². The maximum Gasteiger partial charge on any atom is 0.171 e. The molecule has 0 amide bonds. The van der Waals surface area contributed by atoms with Crippen LogP contribution in [0.15, 0.2) is 12.1 Å². The van der Waals surface area contributed by atoms with E-state index in [0.29, 0.717) is 23.9 Å². The standard InChI is InChI=1S/C13H14Cl2FNO2/c14-9-7-10(15)12(8-11(9)16)17-3-1-13(2-4-17)18-5-6-19-13/h7-8H,1-6H2. The zero-order chi connectivity index (χ0) is 13.5. The molecule has 0 radical (unpaired) electrons. The Morgan fingerprint density at radius 1 is 1.05 bits per heavy atom. The van der Waals surface area contributed by atoms with Gasteiger partial charge in [-0.15, -0.1) is 0 Å². The summed E-state index contributed by atoms with van der Waals surface area (Å²) >= 11 is 11.8. The minimum absolute atomic E-state index is 0.0460. The molecule has 1 aromatic rings. The van der Waals surface area contributed by atoms with Crippen molar-refractivity contribution >= 4 is 28.9 Å². The summed E-state index contributed by atoms with van der Waals surface area (Å²) in [5.74, 6) is -0.886. The van der Waals surface area contributed by atoms with Crippen LogP contribution >= 0.6 is 23.2 Å². The number of anilines is 1. The number of nitrogens with zero attached hydrogens (tertiary/aromatic N) is 1. The van der Waals surface area contributed by atoms with Crippen LogP contribution in [0, 0.1) is 5.82 Å². The van der Waals surface area contributed by atoms with Gasteiger partial charge in [0.05, 0.1) is 28.9 Å². The SMILES string of the molecule is Fc1cc(N2CCC3(CC2)OCCO3)c(Cl)cc1Cl. The highest BCUT2D eigenvalue weighted by Gasteiger charge is 2.40. The predicted molar refractivity (Wildman–Crippen MR) is 72.5 cm³/mol. The van der Waals surface area contributed by atoms with E-state index in [1.807, 2.05) is 4.90 Å². The molecule has 2 saturated heterocycles. The van der Waals surface area contributed by atoms with Crippen molar-refractivity contribution in [1.29, 1.82) is 0 Å². The molecule has 0 unspecified atom stereocenters. The lowest BCUT2D eigenvalue weighted by atomic mass is 10.0. The van der Waals surface area contributed by atoms with Crippen molar-refractivity contribution in [2.45, 2.75) is 18.6 Å². The summed E-state index contributed by atoms with van der Waals surface area (Å²) < 4.78 is 24.9. The van der Waals surface area contributed by atoms with E-state index < -0.39 is 11.6 Å². The van der Waals surface area contributed by atoms with E-state index in [1.54, 1.807) is 0 Å². The Labute approximate surface area is 121 Å². The molecule has 104 valence electrons. The van der Waals surface area contributed by atoms with Gasteiger partial charge in [0.2, 0.25) is 0 Å². The van der Waals surface area contributed by atoms with E-state index in [0.717, 1.165) is 25.9 Å². The van der Waals surface area contributed by atoms with Crippen LogP contribution in [0.25, 0.3) is 0 Å². The molecule has 0 N–H and O–H groups in total. The van der Waals surface area contributed by atoms with E-state index in [4.69, 9.17) is 32.7 Å². The van der Waals surface area contributed by atoms with Gasteiger partial charge in [-0.05, 0) is 6.07 Å². The maximum atomic E-state index is 13.5. The summed E-state index contributed by atoms with van der Waals surface area (Å²) in [4.78, 5) is 2.04. The Bertz CT molecular complexity index is 482. The second-order valence-electron chi connectivity index (χ2n) is 4.81. The molecule has 19 heavy (non-hydrogen) atoms. The normalized spacial score (nSPS) is 22.2. The van der Waals surface area contributed by atoms with Crippen LogP contribution in [0.5, 0.6) is 0 Å². The highest BCUT2D eigenvalue weighted by molar-refractivity contribution is 6.36.